The third kappa shape index (κ3) is 5.71. The minimum absolute atomic E-state index is 0.0319. The molecule has 1 aromatic rings. The van der Waals surface area contributed by atoms with Crippen molar-refractivity contribution >= 4 is 5.91 Å². The number of carbonyl (C=O) groups is 1. The molecule has 0 atom stereocenters. The number of ether oxygens (including phenoxy) is 2. The summed E-state index contributed by atoms with van der Waals surface area (Å²) in [6, 6.07) is 7.75. The molecule has 0 saturated carbocycles. The summed E-state index contributed by atoms with van der Waals surface area (Å²) in [7, 11) is 1.55. The van der Waals surface area contributed by atoms with Gasteiger partial charge in [-0.2, -0.15) is 5.26 Å². The lowest BCUT2D eigenvalue weighted by molar-refractivity contribution is -0.122. The Morgan fingerprint density at radius 1 is 1.43 bits per heavy atom. The average molecular weight is 291 g/mol. The van der Waals surface area contributed by atoms with Crippen LogP contribution in [-0.2, 0) is 11.3 Å². The number of carbonyl (C=O) groups excluding carboxylic acids is 1. The van der Waals surface area contributed by atoms with Gasteiger partial charge in [0.15, 0.2) is 18.1 Å². The molecule has 6 nitrogen and oxygen atoms in total. The van der Waals surface area contributed by atoms with Gasteiger partial charge >= 0.3 is 0 Å². The highest BCUT2D eigenvalue weighted by Crippen LogP contribution is 2.31. The van der Waals surface area contributed by atoms with Crippen LogP contribution in [0.4, 0.5) is 0 Å². The molecule has 0 fully saturated rings. The van der Waals surface area contributed by atoms with E-state index in [0.29, 0.717) is 24.1 Å². The first-order chi connectivity index (χ1) is 10.1. The van der Waals surface area contributed by atoms with Crippen LogP contribution < -0.4 is 20.1 Å². The van der Waals surface area contributed by atoms with Crippen molar-refractivity contribution in [2.75, 3.05) is 20.3 Å². The van der Waals surface area contributed by atoms with Crippen LogP contribution in [0.25, 0.3) is 0 Å². The second-order valence-electron chi connectivity index (χ2n) is 4.71. The third-order valence-electron chi connectivity index (χ3n) is 2.69. The van der Waals surface area contributed by atoms with Gasteiger partial charge in [0.1, 0.15) is 6.54 Å². The summed E-state index contributed by atoms with van der Waals surface area (Å²) in [6.45, 7) is 4.53. The van der Waals surface area contributed by atoms with Crippen LogP contribution in [-0.4, -0.2) is 32.2 Å². The molecule has 0 aliphatic rings. The van der Waals surface area contributed by atoms with Crippen LogP contribution in [0.5, 0.6) is 11.5 Å². The van der Waals surface area contributed by atoms with E-state index in [9.17, 15) is 4.79 Å². The van der Waals surface area contributed by atoms with Gasteiger partial charge < -0.3 is 20.1 Å². The number of para-hydroxylation sites is 1. The Balaban J connectivity index is 2.77. The summed E-state index contributed by atoms with van der Waals surface area (Å²) in [4.78, 5) is 11.5. The fraction of sp³-hybridized carbons (Fsp3) is 0.467. The average Bonchev–Trinajstić information content (AvgIpc) is 2.48. The molecule has 1 rings (SSSR count). The minimum atomic E-state index is -0.342. The molecular formula is C15H21N3O3. The molecule has 1 aromatic carbocycles. The van der Waals surface area contributed by atoms with Crippen molar-refractivity contribution in [3.63, 3.8) is 0 Å². The Morgan fingerprint density at radius 2 is 2.19 bits per heavy atom. The summed E-state index contributed by atoms with van der Waals surface area (Å²) in [5.74, 6) is 0.775. The maximum absolute atomic E-state index is 11.5. The van der Waals surface area contributed by atoms with E-state index < -0.39 is 0 Å². The monoisotopic (exact) mass is 291 g/mol. The van der Waals surface area contributed by atoms with Crippen molar-refractivity contribution in [1.29, 1.82) is 5.26 Å². The molecule has 21 heavy (non-hydrogen) atoms. The smallest absolute Gasteiger partial charge is 0.258 e. The Morgan fingerprint density at radius 3 is 2.81 bits per heavy atom. The van der Waals surface area contributed by atoms with Gasteiger partial charge in [0, 0.05) is 18.2 Å². The molecule has 0 spiro atoms. The number of nitriles is 1. The number of rotatable bonds is 8. The van der Waals surface area contributed by atoms with E-state index in [4.69, 9.17) is 14.7 Å². The number of nitrogens with zero attached hydrogens (tertiary/aromatic N) is 1. The molecule has 1 amide bonds. The van der Waals surface area contributed by atoms with Crippen LogP contribution in [0, 0.1) is 11.3 Å². The zero-order valence-corrected chi connectivity index (χ0v) is 12.6. The van der Waals surface area contributed by atoms with Crippen LogP contribution in [0.2, 0.25) is 0 Å². The molecule has 0 aliphatic carbocycles. The fourth-order valence-corrected chi connectivity index (χ4v) is 1.67. The predicted molar refractivity (Wildman–Crippen MR) is 79.1 cm³/mol. The topological polar surface area (TPSA) is 83.4 Å². The summed E-state index contributed by atoms with van der Waals surface area (Å²) in [6.07, 6.45) is 0. The van der Waals surface area contributed by atoms with Crippen LogP contribution in [0.1, 0.15) is 19.4 Å². The molecule has 114 valence electrons. The van der Waals surface area contributed by atoms with Crippen LogP contribution >= 0.6 is 0 Å². The first-order valence-electron chi connectivity index (χ1n) is 6.74. The quantitative estimate of drug-likeness (QED) is 0.703. The summed E-state index contributed by atoms with van der Waals surface area (Å²) in [5.41, 5.74) is 0.913. The van der Waals surface area contributed by atoms with E-state index in [1.807, 2.05) is 18.2 Å². The summed E-state index contributed by atoms with van der Waals surface area (Å²) in [5, 5.41) is 14.1. The minimum Gasteiger partial charge on any atom is -0.493 e. The van der Waals surface area contributed by atoms with Crippen LogP contribution in [0.15, 0.2) is 18.2 Å². The van der Waals surface area contributed by atoms with Crippen molar-refractivity contribution in [1.82, 2.24) is 10.6 Å². The number of hydrogen-bond acceptors (Lipinski definition) is 5. The standard InChI is InChI=1S/C15H21N3O3/c1-11(2)18-9-12-5-4-6-13(20-3)15(12)21-10-14(19)17-8-7-16/h4-6,11,18H,8-10H2,1-3H3,(H,17,19). The number of amides is 1. The zero-order chi connectivity index (χ0) is 15.7. The van der Waals surface area contributed by atoms with Gasteiger partial charge in [-0.3, -0.25) is 4.79 Å². The number of nitrogens with one attached hydrogen (secondary N) is 2. The van der Waals surface area contributed by atoms with E-state index in [0.717, 1.165) is 5.56 Å². The summed E-state index contributed by atoms with van der Waals surface area (Å²) < 4.78 is 10.8. The first-order valence-corrected chi connectivity index (χ1v) is 6.74. The largest absolute Gasteiger partial charge is 0.493 e. The van der Waals surface area contributed by atoms with Crippen molar-refractivity contribution in [3.05, 3.63) is 23.8 Å². The Kier molecular flexibility index (Phi) is 7.05. The van der Waals surface area contributed by atoms with Gasteiger partial charge in [-0.15, -0.1) is 0 Å². The number of methoxy groups -OCH3 is 1. The Bertz CT molecular complexity index is 509. The molecule has 0 aliphatic heterocycles. The second kappa shape index (κ2) is 8.82. The normalized spacial score (nSPS) is 10.0. The third-order valence-corrected chi connectivity index (χ3v) is 2.69. The van der Waals surface area contributed by atoms with E-state index in [2.05, 4.69) is 24.5 Å². The zero-order valence-electron chi connectivity index (χ0n) is 12.6. The first kappa shape index (κ1) is 16.8. The lowest BCUT2D eigenvalue weighted by Gasteiger charge is -2.16. The molecule has 2 N–H and O–H groups in total. The predicted octanol–water partition coefficient (Wildman–Crippen LogP) is 1.21. The van der Waals surface area contributed by atoms with E-state index >= 15 is 0 Å². The number of hydrogen-bond donors (Lipinski definition) is 2. The maximum Gasteiger partial charge on any atom is 0.258 e. The molecule has 0 radical (unpaired) electrons. The highest BCUT2D eigenvalue weighted by atomic mass is 16.5. The second-order valence-corrected chi connectivity index (χ2v) is 4.71. The molecule has 0 aromatic heterocycles. The van der Waals surface area contributed by atoms with Gasteiger partial charge in [-0.1, -0.05) is 26.0 Å². The lowest BCUT2D eigenvalue weighted by atomic mass is 10.1. The van der Waals surface area contributed by atoms with Crippen molar-refractivity contribution in [2.24, 2.45) is 0 Å². The van der Waals surface area contributed by atoms with Crippen molar-refractivity contribution < 1.29 is 14.3 Å². The number of benzene rings is 1. The molecule has 0 heterocycles. The molecule has 0 unspecified atom stereocenters. The molecule has 0 saturated heterocycles. The van der Waals surface area contributed by atoms with Crippen molar-refractivity contribution in [2.45, 2.75) is 26.4 Å². The molecular weight excluding hydrogens is 270 g/mol. The van der Waals surface area contributed by atoms with Crippen LogP contribution in [0.3, 0.4) is 0 Å². The Labute approximate surface area is 125 Å². The van der Waals surface area contributed by atoms with Gasteiger partial charge in [0.25, 0.3) is 5.91 Å². The Hall–Kier alpha value is -2.26. The maximum atomic E-state index is 11.5. The molecule has 0 bridgehead atoms. The fourth-order valence-electron chi connectivity index (χ4n) is 1.67. The SMILES string of the molecule is COc1cccc(CNC(C)C)c1OCC(=O)NCC#N. The van der Waals surface area contributed by atoms with E-state index in [1.54, 1.807) is 13.2 Å². The van der Waals surface area contributed by atoms with Gasteiger partial charge in [-0.05, 0) is 6.07 Å². The van der Waals surface area contributed by atoms with Gasteiger partial charge in [0.2, 0.25) is 0 Å². The van der Waals surface area contributed by atoms with Gasteiger partial charge in [0.05, 0.1) is 13.2 Å². The van der Waals surface area contributed by atoms with Gasteiger partial charge in [-0.25, -0.2) is 0 Å². The summed E-state index contributed by atoms with van der Waals surface area (Å²) >= 11 is 0. The highest BCUT2D eigenvalue weighted by Gasteiger charge is 2.12. The van der Waals surface area contributed by atoms with Crippen molar-refractivity contribution in [3.8, 4) is 17.6 Å². The molecule has 6 heteroatoms. The lowest BCUT2D eigenvalue weighted by Crippen LogP contribution is -2.29. The highest BCUT2D eigenvalue weighted by molar-refractivity contribution is 5.77. The van der Waals surface area contributed by atoms with E-state index in [-0.39, 0.29) is 19.1 Å². The van der Waals surface area contributed by atoms with E-state index in [1.165, 1.54) is 0 Å².